The molecule has 1 aliphatic rings. The van der Waals surface area contributed by atoms with Gasteiger partial charge in [-0.1, -0.05) is 30.7 Å². The molecule has 1 unspecified atom stereocenters. The number of ether oxygens (including phenoxy) is 1. The molecule has 2 aromatic carbocycles. The molecular weight excluding hydrogens is 399 g/mol. The Morgan fingerprint density at radius 1 is 1.21 bits per heavy atom. The minimum Gasteiger partial charge on any atom is -0.484 e. The van der Waals surface area contributed by atoms with Crippen LogP contribution in [-0.2, 0) is 4.79 Å². The minimum atomic E-state index is -0.0739. The zero-order valence-corrected chi connectivity index (χ0v) is 17.3. The molecular formula is C21H24Cl2N2O3. The van der Waals surface area contributed by atoms with Crippen molar-refractivity contribution in [1.29, 1.82) is 0 Å². The first-order valence-corrected chi connectivity index (χ1v) is 9.48. The van der Waals surface area contributed by atoms with Crippen LogP contribution in [0, 0.1) is 0 Å². The van der Waals surface area contributed by atoms with Gasteiger partial charge in [0.15, 0.2) is 12.4 Å². The molecule has 2 aromatic rings. The second kappa shape index (κ2) is 10.5. The Bertz CT molecular complexity index is 812. The van der Waals surface area contributed by atoms with Crippen LogP contribution in [0.25, 0.3) is 0 Å². The van der Waals surface area contributed by atoms with Gasteiger partial charge in [0.2, 0.25) is 0 Å². The van der Waals surface area contributed by atoms with Crippen LogP contribution in [0.15, 0.2) is 48.5 Å². The first kappa shape index (κ1) is 22.2. The Labute approximate surface area is 176 Å². The molecule has 0 radical (unpaired) electrons. The third-order valence-electron chi connectivity index (χ3n) is 4.66. The van der Waals surface area contributed by atoms with E-state index in [9.17, 15) is 9.59 Å². The standard InChI is InChI=1S/C21H23ClN2O3.ClH/c1-2-20(25)15-6-8-18(9-7-15)27-14-21(26)24-11-10-23-13-19(24)16-4-3-5-17(22)12-16;/h3-9,12,19,23H,2,10-11,13-14H2,1H3;1H. The highest BCUT2D eigenvalue weighted by Crippen LogP contribution is 2.25. The smallest absolute Gasteiger partial charge is 0.261 e. The van der Waals surface area contributed by atoms with Crippen LogP contribution in [0.4, 0.5) is 0 Å². The Morgan fingerprint density at radius 2 is 1.96 bits per heavy atom. The van der Waals surface area contributed by atoms with Gasteiger partial charge in [-0.05, 0) is 42.0 Å². The normalized spacial score (nSPS) is 16.2. The number of benzene rings is 2. The summed E-state index contributed by atoms with van der Waals surface area (Å²) in [6.07, 6.45) is 0.465. The van der Waals surface area contributed by atoms with Crippen LogP contribution in [0.2, 0.25) is 5.02 Å². The van der Waals surface area contributed by atoms with Crippen molar-refractivity contribution < 1.29 is 14.3 Å². The van der Waals surface area contributed by atoms with Gasteiger partial charge in [-0.25, -0.2) is 0 Å². The van der Waals surface area contributed by atoms with E-state index in [1.165, 1.54) is 0 Å². The summed E-state index contributed by atoms with van der Waals surface area (Å²) in [5.74, 6) is 0.587. The topological polar surface area (TPSA) is 58.6 Å². The van der Waals surface area contributed by atoms with E-state index in [1.807, 2.05) is 36.1 Å². The minimum absolute atomic E-state index is 0. The number of carbonyl (C=O) groups is 2. The van der Waals surface area contributed by atoms with Crippen molar-refractivity contribution in [2.45, 2.75) is 19.4 Å². The van der Waals surface area contributed by atoms with Crippen molar-refractivity contribution in [3.05, 3.63) is 64.7 Å². The molecule has 0 aliphatic carbocycles. The number of amides is 1. The van der Waals surface area contributed by atoms with E-state index < -0.39 is 0 Å². The van der Waals surface area contributed by atoms with Crippen molar-refractivity contribution >= 4 is 35.7 Å². The van der Waals surface area contributed by atoms with Crippen LogP contribution < -0.4 is 10.1 Å². The summed E-state index contributed by atoms with van der Waals surface area (Å²) in [4.78, 5) is 26.3. The molecule has 1 N–H and O–H groups in total. The number of Topliss-reactive ketones (excluding diaryl/α,β-unsaturated/α-hetero) is 1. The number of carbonyl (C=O) groups excluding carboxylic acids is 2. The molecule has 1 aliphatic heterocycles. The maximum Gasteiger partial charge on any atom is 0.261 e. The third kappa shape index (κ3) is 5.47. The molecule has 1 saturated heterocycles. The van der Waals surface area contributed by atoms with Crippen LogP contribution in [0.5, 0.6) is 5.75 Å². The van der Waals surface area contributed by atoms with Crippen molar-refractivity contribution in [2.24, 2.45) is 0 Å². The van der Waals surface area contributed by atoms with Gasteiger partial charge in [-0.15, -0.1) is 12.4 Å². The lowest BCUT2D eigenvalue weighted by atomic mass is 10.0. The van der Waals surface area contributed by atoms with E-state index in [1.54, 1.807) is 24.3 Å². The summed E-state index contributed by atoms with van der Waals surface area (Å²) in [7, 11) is 0. The molecule has 3 rings (SSSR count). The van der Waals surface area contributed by atoms with E-state index in [0.717, 1.165) is 12.1 Å². The molecule has 1 atom stereocenters. The second-order valence-corrected chi connectivity index (χ2v) is 6.89. The number of nitrogens with one attached hydrogen (secondary N) is 1. The van der Waals surface area contributed by atoms with Crippen molar-refractivity contribution in [1.82, 2.24) is 10.2 Å². The molecule has 5 nitrogen and oxygen atoms in total. The van der Waals surface area contributed by atoms with E-state index in [0.29, 0.717) is 35.8 Å². The third-order valence-corrected chi connectivity index (χ3v) is 4.89. The highest BCUT2D eigenvalue weighted by Gasteiger charge is 2.28. The Hall–Kier alpha value is -2.08. The predicted molar refractivity (Wildman–Crippen MR) is 113 cm³/mol. The van der Waals surface area contributed by atoms with Gasteiger partial charge >= 0.3 is 0 Å². The number of halogens is 2. The van der Waals surface area contributed by atoms with Gasteiger partial charge in [-0.3, -0.25) is 9.59 Å². The van der Waals surface area contributed by atoms with Crippen molar-refractivity contribution in [2.75, 3.05) is 26.2 Å². The monoisotopic (exact) mass is 422 g/mol. The molecule has 28 heavy (non-hydrogen) atoms. The molecule has 0 bridgehead atoms. The molecule has 7 heteroatoms. The average Bonchev–Trinajstić information content (AvgIpc) is 2.72. The lowest BCUT2D eigenvalue weighted by Crippen LogP contribution is -2.50. The molecule has 0 spiro atoms. The summed E-state index contributed by atoms with van der Waals surface area (Å²) in [6.45, 7) is 3.83. The molecule has 0 aromatic heterocycles. The zero-order chi connectivity index (χ0) is 19.2. The first-order chi connectivity index (χ1) is 13.1. The largest absolute Gasteiger partial charge is 0.484 e. The second-order valence-electron chi connectivity index (χ2n) is 6.45. The van der Waals surface area contributed by atoms with Crippen LogP contribution >= 0.6 is 24.0 Å². The summed E-state index contributed by atoms with van der Waals surface area (Å²) >= 11 is 6.11. The Balaban J connectivity index is 0.00000280. The van der Waals surface area contributed by atoms with Gasteiger partial charge in [0.25, 0.3) is 5.91 Å². The summed E-state index contributed by atoms with van der Waals surface area (Å²) in [5.41, 5.74) is 1.66. The Kier molecular flexibility index (Phi) is 8.30. The Morgan fingerprint density at radius 3 is 2.64 bits per heavy atom. The van der Waals surface area contributed by atoms with Crippen LogP contribution in [0.3, 0.4) is 0 Å². The van der Waals surface area contributed by atoms with E-state index in [4.69, 9.17) is 16.3 Å². The fraction of sp³-hybridized carbons (Fsp3) is 0.333. The van der Waals surface area contributed by atoms with Gasteiger partial charge in [0.1, 0.15) is 5.75 Å². The summed E-state index contributed by atoms with van der Waals surface area (Å²) < 4.78 is 5.65. The van der Waals surface area contributed by atoms with E-state index in [2.05, 4.69) is 5.32 Å². The lowest BCUT2D eigenvalue weighted by molar-refractivity contribution is -0.136. The lowest BCUT2D eigenvalue weighted by Gasteiger charge is -2.36. The highest BCUT2D eigenvalue weighted by molar-refractivity contribution is 6.30. The first-order valence-electron chi connectivity index (χ1n) is 9.10. The van der Waals surface area contributed by atoms with Crippen LogP contribution in [0.1, 0.15) is 35.3 Å². The van der Waals surface area contributed by atoms with Crippen LogP contribution in [-0.4, -0.2) is 42.8 Å². The average molecular weight is 423 g/mol. The maximum absolute atomic E-state index is 12.7. The summed E-state index contributed by atoms with van der Waals surface area (Å²) in [6, 6.07) is 14.4. The van der Waals surface area contributed by atoms with Gasteiger partial charge in [-0.2, -0.15) is 0 Å². The molecule has 1 amide bonds. The fourth-order valence-electron chi connectivity index (χ4n) is 3.18. The predicted octanol–water partition coefficient (Wildman–Crippen LogP) is 3.91. The van der Waals surface area contributed by atoms with Gasteiger partial charge in [0.05, 0.1) is 6.04 Å². The highest BCUT2D eigenvalue weighted by atomic mass is 35.5. The van der Waals surface area contributed by atoms with Gasteiger partial charge in [0, 0.05) is 36.6 Å². The zero-order valence-electron chi connectivity index (χ0n) is 15.7. The fourth-order valence-corrected chi connectivity index (χ4v) is 3.38. The number of hydrogen-bond acceptors (Lipinski definition) is 4. The van der Waals surface area contributed by atoms with Crippen molar-refractivity contribution in [3.63, 3.8) is 0 Å². The van der Waals surface area contributed by atoms with Gasteiger partial charge < -0.3 is 15.0 Å². The molecule has 1 fully saturated rings. The maximum atomic E-state index is 12.7. The quantitative estimate of drug-likeness (QED) is 0.716. The molecule has 1 heterocycles. The molecule has 0 saturated carbocycles. The number of ketones is 1. The van der Waals surface area contributed by atoms with E-state index >= 15 is 0 Å². The summed E-state index contributed by atoms with van der Waals surface area (Å²) in [5, 5.41) is 3.98. The number of piperazine rings is 1. The molecule has 150 valence electrons. The SMILES string of the molecule is CCC(=O)c1ccc(OCC(=O)N2CCNCC2c2cccc(Cl)c2)cc1.Cl. The number of hydrogen-bond donors (Lipinski definition) is 1. The van der Waals surface area contributed by atoms with E-state index in [-0.39, 0.29) is 36.7 Å². The number of rotatable bonds is 6. The number of nitrogens with zero attached hydrogens (tertiary/aromatic N) is 1. The van der Waals surface area contributed by atoms with Crippen molar-refractivity contribution in [3.8, 4) is 5.75 Å².